The molecule has 0 unspecified atom stereocenters. The summed E-state index contributed by atoms with van der Waals surface area (Å²) in [5.41, 5.74) is 9.02. The van der Waals surface area contributed by atoms with Crippen LogP contribution in [0, 0.1) is 0 Å². The lowest BCUT2D eigenvalue weighted by Gasteiger charge is -2.09. The molecule has 0 spiro atoms. The SMILES string of the molecule is COC(=O)c1cccc(Cc2ccccc2)c1N. The normalized spacial score (nSPS) is 10.1. The van der Waals surface area contributed by atoms with E-state index in [-0.39, 0.29) is 0 Å². The van der Waals surface area contributed by atoms with Gasteiger partial charge in [0.05, 0.1) is 12.7 Å². The van der Waals surface area contributed by atoms with Crippen LogP contribution in [-0.2, 0) is 11.2 Å². The Balaban J connectivity index is 2.32. The summed E-state index contributed by atoms with van der Waals surface area (Å²) < 4.78 is 4.70. The summed E-state index contributed by atoms with van der Waals surface area (Å²) in [5, 5.41) is 0. The molecule has 0 saturated heterocycles. The molecule has 0 bridgehead atoms. The highest BCUT2D eigenvalue weighted by Crippen LogP contribution is 2.21. The fourth-order valence-electron chi connectivity index (χ4n) is 1.87. The van der Waals surface area contributed by atoms with Gasteiger partial charge in [0, 0.05) is 5.69 Å². The van der Waals surface area contributed by atoms with Crippen molar-refractivity contribution in [3.05, 3.63) is 65.2 Å². The number of anilines is 1. The van der Waals surface area contributed by atoms with Crippen molar-refractivity contribution in [1.29, 1.82) is 0 Å². The van der Waals surface area contributed by atoms with Gasteiger partial charge < -0.3 is 10.5 Å². The first-order chi connectivity index (χ1) is 8.72. The molecular formula is C15H15NO2. The number of carbonyl (C=O) groups is 1. The Morgan fingerprint density at radius 2 is 1.83 bits per heavy atom. The van der Waals surface area contributed by atoms with Gasteiger partial charge in [0.25, 0.3) is 0 Å². The number of nitrogen functional groups attached to an aromatic ring is 1. The summed E-state index contributed by atoms with van der Waals surface area (Å²) in [6.07, 6.45) is 0.706. The number of carbonyl (C=O) groups excluding carboxylic acids is 1. The number of hydrogen-bond donors (Lipinski definition) is 1. The molecule has 3 nitrogen and oxygen atoms in total. The first-order valence-corrected chi connectivity index (χ1v) is 5.72. The molecule has 0 aliphatic rings. The topological polar surface area (TPSA) is 52.3 Å². The highest BCUT2D eigenvalue weighted by atomic mass is 16.5. The Morgan fingerprint density at radius 3 is 2.50 bits per heavy atom. The molecule has 0 amide bonds. The van der Waals surface area contributed by atoms with E-state index in [1.54, 1.807) is 6.07 Å². The third-order valence-corrected chi connectivity index (χ3v) is 2.84. The number of rotatable bonds is 3. The summed E-state index contributed by atoms with van der Waals surface area (Å²) in [4.78, 5) is 11.5. The first kappa shape index (κ1) is 12.2. The van der Waals surface area contributed by atoms with E-state index in [9.17, 15) is 4.79 Å². The molecule has 2 aromatic carbocycles. The summed E-state index contributed by atoms with van der Waals surface area (Å²) >= 11 is 0. The van der Waals surface area contributed by atoms with Crippen LogP contribution in [0.5, 0.6) is 0 Å². The van der Waals surface area contributed by atoms with Gasteiger partial charge in [0.15, 0.2) is 0 Å². The highest BCUT2D eigenvalue weighted by molar-refractivity contribution is 5.95. The minimum atomic E-state index is -0.401. The number of hydrogen-bond acceptors (Lipinski definition) is 3. The molecule has 0 saturated carbocycles. The quantitative estimate of drug-likeness (QED) is 0.664. The second kappa shape index (κ2) is 5.36. The Kier molecular flexibility index (Phi) is 3.63. The minimum Gasteiger partial charge on any atom is -0.465 e. The van der Waals surface area contributed by atoms with Crippen molar-refractivity contribution in [2.75, 3.05) is 12.8 Å². The van der Waals surface area contributed by atoms with Gasteiger partial charge in [-0.1, -0.05) is 42.5 Å². The number of nitrogens with two attached hydrogens (primary N) is 1. The molecular weight excluding hydrogens is 226 g/mol. The predicted octanol–water partition coefficient (Wildman–Crippen LogP) is 2.65. The Bertz CT molecular complexity index is 550. The Morgan fingerprint density at radius 1 is 1.11 bits per heavy atom. The molecule has 3 heteroatoms. The first-order valence-electron chi connectivity index (χ1n) is 5.72. The van der Waals surface area contributed by atoms with Crippen molar-refractivity contribution in [1.82, 2.24) is 0 Å². The van der Waals surface area contributed by atoms with E-state index in [1.807, 2.05) is 42.5 Å². The molecule has 0 fully saturated rings. The van der Waals surface area contributed by atoms with E-state index in [2.05, 4.69) is 0 Å². The summed E-state index contributed by atoms with van der Waals surface area (Å²) in [6.45, 7) is 0. The minimum absolute atomic E-state index is 0.401. The van der Waals surface area contributed by atoms with Gasteiger partial charge in [0.1, 0.15) is 0 Å². The van der Waals surface area contributed by atoms with Crippen LogP contribution in [0.2, 0.25) is 0 Å². The van der Waals surface area contributed by atoms with E-state index in [4.69, 9.17) is 10.5 Å². The molecule has 2 rings (SSSR count). The van der Waals surface area contributed by atoms with Crippen molar-refractivity contribution in [3.8, 4) is 0 Å². The highest BCUT2D eigenvalue weighted by Gasteiger charge is 2.12. The smallest absolute Gasteiger partial charge is 0.339 e. The van der Waals surface area contributed by atoms with Crippen LogP contribution >= 0.6 is 0 Å². The molecule has 2 aromatic rings. The van der Waals surface area contributed by atoms with E-state index in [0.717, 1.165) is 11.1 Å². The van der Waals surface area contributed by atoms with Crippen LogP contribution < -0.4 is 5.73 Å². The number of para-hydroxylation sites is 1. The molecule has 0 radical (unpaired) electrons. The monoisotopic (exact) mass is 241 g/mol. The predicted molar refractivity (Wildman–Crippen MR) is 71.4 cm³/mol. The van der Waals surface area contributed by atoms with Gasteiger partial charge in [-0.2, -0.15) is 0 Å². The van der Waals surface area contributed by atoms with Gasteiger partial charge in [0.2, 0.25) is 0 Å². The lowest BCUT2D eigenvalue weighted by atomic mass is 10.0. The van der Waals surface area contributed by atoms with Crippen LogP contribution in [-0.4, -0.2) is 13.1 Å². The van der Waals surface area contributed by atoms with Crippen molar-refractivity contribution < 1.29 is 9.53 Å². The second-order valence-electron chi connectivity index (χ2n) is 4.03. The fraction of sp³-hybridized carbons (Fsp3) is 0.133. The summed E-state index contributed by atoms with van der Waals surface area (Å²) in [7, 11) is 1.35. The second-order valence-corrected chi connectivity index (χ2v) is 4.03. The summed E-state index contributed by atoms with van der Waals surface area (Å²) in [5.74, 6) is -0.401. The van der Waals surface area contributed by atoms with Gasteiger partial charge in [-0.3, -0.25) is 0 Å². The van der Waals surface area contributed by atoms with Crippen molar-refractivity contribution >= 4 is 11.7 Å². The average Bonchev–Trinajstić information content (AvgIpc) is 2.41. The van der Waals surface area contributed by atoms with E-state index < -0.39 is 5.97 Å². The van der Waals surface area contributed by atoms with Crippen LogP contribution in [0.25, 0.3) is 0 Å². The number of ether oxygens (including phenoxy) is 1. The molecule has 2 N–H and O–H groups in total. The Labute approximate surface area is 106 Å². The zero-order valence-corrected chi connectivity index (χ0v) is 10.2. The average molecular weight is 241 g/mol. The van der Waals surface area contributed by atoms with Crippen LogP contribution in [0.1, 0.15) is 21.5 Å². The molecule has 0 atom stereocenters. The molecule has 92 valence electrons. The maximum absolute atomic E-state index is 11.5. The molecule has 18 heavy (non-hydrogen) atoms. The maximum atomic E-state index is 11.5. The lowest BCUT2D eigenvalue weighted by molar-refractivity contribution is 0.0602. The zero-order valence-electron chi connectivity index (χ0n) is 10.2. The van der Waals surface area contributed by atoms with Gasteiger partial charge >= 0.3 is 5.97 Å². The van der Waals surface area contributed by atoms with Crippen LogP contribution in [0.15, 0.2) is 48.5 Å². The molecule has 0 aliphatic heterocycles. The van der Waals surface area contributed by atoms with Crippen molar-refractivity contribution in [3.63, 3.8) is 0 Å². The molecule has 0 aromatic heterocycles. The third-order valence-electron chi connectivity index (χ3n) is 2.84. The third kappa shape index (κ3) is 2.51. The van der Waals surface area contributed by atoms with Crippen LogP contribution in [0.3, 0.4) is 0 Å². The van der Waals surface area contributed by atoms with Crippen LogP contribution in [0.4, 0.5) is 5.69 Å². The largest absolute Gasteiger partial charge is 0.465 e. The number of esters is 1. The van der Waals surface area contributed by atoms with Gasteiger partial charge in [-0.15, -0.1) is 0 Å². The Hall–Kier alpha value is -2.29. The van der Waals surface area contributed by atoms with Gasteiger partial charge in [-0.05, 0) is 23.6 Å². The zero-order chi connectivity index (χ0) is 13.0. The fourth-order valence-corrected chi connectivity index (χ4v) is 1.87. The molecule has 0 heterocycles. The number of benzene rings is 2. The number of methoxy groups -OCH3 is 1. The van der Waals surface area contributed by atoms with Gasteiger partial charge in [-0.25, -0.2) is 4.79 Å². The van der Waals surface area contributed by atoms with Crippen molar-refractivity contribution in [2.24, 2.45) is 0 Å². The van der Waals surface area contributed by atoms with E-state index in [0.29, 0.717) is 17.7 Å². The van der Waals surface area contributed by atoms with E-state index >= 15 is 0 Å². The summed E-state index contributed by atoms with van der Waals surface area (Å²) in [6, 6.07) is 15.4. The standard InChI is InChI=1S/C15H15NO2/c1-18-15(17)13-9-5-8-12(14(13)16)10-11-6-3-2-4-7-11/h2-9H,10,16H2,1H3. The molecule has 0 aliphatic carbocycles. The maximum Gasteiger partial charge on any atom is 0.339 e. The lowest BCUT2D eigenvalue weighted by Crippen LogP contribution is -2.08. The van der Waals surface area contributed by atoms with E-state index in [1.165, 1.54) is 7.11 Å². The van der Waals surface area contributed by atoms with Crippen molar-refractivity contribution in [2.45, 2.75) is 6.42 Å².